The molecule has 2 aromatic heterocycles. The molecule has 0 aliphatic heterocycles. The van der Waals surface area contributed by atoms with E-state index in [2.05, 4.69) is 10.1 Å². The van der Waals surface area contributed by atoms with Gasteiger partial charge in [0.1, 0.15) is 11.8 Å². The van der Waals surface area contributed by atoms with E-state index in [0.717, 1.165) is 11.2 Å². The van der Waals surface area contributed by atoms with Crippen molar-refractivity contribution in [3.63, 3.8) is 0 Å². The summed E-state index contributed by atoms with van der Waals surface area (Å²) in [7, 11) is 0. The summed E-state index contributed by atoms with van der Waals surface area (Å²) in [5, 5.41) is 4.03. The summed E-state index contributed by atoms with van der Waals surface area (Å²) < 4.78 is 1.77. The smallest absolute Gasteiger partial charge is 0.151 e. The largest absolute Gasteiger partial charge is 0.382 e. The first-order valence-corrected chi connectivity index (χ1v) is 3.34. The zero-order valence-corrected chi connectivity index (χ0v) is 6.15. The minimum atomic E-state index is 0.521. The van der Waals surface area contributed by atoms with Gasteiger partial charge in [-0.15, -0.1) is 0 Å². The minimum Gasteiger partial charge on any atom is -0.382 e. The number of aryl methyl sites for hydroxylation is 1. The molecular weight excluding hydrogens is 140 g/mol. The van der Waals surface area contributed by atoms with Gasteiger partial charge < -0.3 is 5.73 Å². The maximum atomic E-state index is 5.60. The van der Waals surface area contributed by atoms with Gasteiger partial charge in [0.2, 0.25) is 0 Å². The van der Waals surface area contributed by atoms with Gasteiger partial charge in [0, 0.05) is 5.69 Å². The molecule has 2 rings (SSSR count). The normalized spacial score (nSPS) is 10.6. The third-order valence-corrected chi connectivity index (χ3v) is 1.67. The second kappa shape index (κ2) is 1.95. The Labute approximate surface area is 63.7 Å². The molecule has 4 heteroatoms. The lowest BCUT2D eigenvalue weighted by Crippen LogP contribution is -1.99. The molecule has 0 radical (unpaired) electrons. The molecule has 0 saturated heterocycles. The van der Waals surface area contributed by atoms with Gasteiger partial charge in [-0.25, -0.2) is 9.50 Å². The third-order valence-electron chi connectivity index (χ3n) is 1.67. The minimum absolute atomic E-state index is 0.521. The summed E-state index contributed by atoms with van der Waals surface area (Å²) in [6, 6.07) is 3.87. The van der Waals surface area contributed by atoms with Crippen LogP contribution in [0.25, 0.3) is 5.52 Å². The van der Waals surface area contributed by atoms with Crippen molar-refractivity contribution in [1.29, 1.82) is 0 Å². The van der Waals surface area contributed by atoms with Crippen LogP contribution in [-0.2, 0) is 0 Å². The van der Waals surface area contributed by atoms with E-state index in [-0.39, 0.29) is 0 Å². The van der Waals surface area contributed by atoms with E-state index >= 15 is 0 Å². The standard InChI is InChI=1S/C7H8N4/c1-5-2-3-6-7(8)9-4-10-11(5)6/h2-4H,1H3,(H2,8,9,10). The van der Waals surface area contributed by atoms with E-state index in [1.165, 1.54) is 6.33 Å². The molecule has 0 atom stereocenters. The number of nitrogens with two attached hydrogens (primary N) is 1. The van der Waals surface area contributed by atoms with Crippen molar-refractivity contribution in [3.8, 4) is 0 Å². The molecular formula is C7H8N4. The molecule has 0 saturated carbocycles. The average Bonchev–Trinajstić information content (AvgIpc) is 2.35. The number of aromatic nitrogens is 3. The maximum absolute atomic E-state index is 5.60. The van der Waals surface area contributed by atoms with Crippen molar-refractivity contribution in [1.82, 2.24) is 14.6 Å². The molecule has 2 N–H and O–H groups in total. The molecule has 0 unspecified atom stereocenters. The van der Waals surface area contributed by atoms with Crippen molar-refractivity contribution >= 4 is 11.3 Å². The third kappa shape index (κ3) is 0.756. The molecule has 0 bridgehead atoms. The Kier molecular flexibility index (Phi) is 1.09. The van der Waals surface area contributed by atoms with E-state index in [9.17, 15) is 0 Å². The van der Waals surface area contributed by atoms with Crippen LogP contribution < -0.4 is 5.73 Å². The zero-order valence-electron chi connectivity index (χ0n) is 6.15. The first kappa shape index (κ1) is 6.15. The highest BCUT2D eigenvalue weighted by Gasteiger charge is 2.00. The van der Waals surface area contributed by atoms with Crippen LogP contribution in [0.3, 0.4) is 0 Å². The summed E-state index contributed by atoms with van der Waals surface area (Å²) in [5.41, 5.74) is 7.53. The fraction of sp³-hybridized carbons (Fsp3) is 0.143. The highest BCUT2D eigenvalue weighted by molar-refractivity contribution is 5.65. The molecule has 0 amide bonds. The van der Waals surface area contributed by atoms with E-state index in [1.807, 2.05) is 19.1 Å². The van der Waals surface area contributed by atoms with Crippen LogP contribution in [0.1, 0.15) is 5.69 Å². The van der Waals surface area contributed by atoms with Crippen LogP contribution in [-0.4, -0.2) is 14.6 Å². The monoisotopic (exact) mass is 148 g/mol. The number of fused-ring (bicyclic) bond motifs is 1. The molecule has 2 heterocycles. The molecule has 2 aromatic rings. The summed E-state index contributed by atoms with van der Waals surface area (Å²) in [4.78, 5) is 3.87. The SMILES string of the molecule is Cc1ccc2c(N)ncnn12. The Morgan fingerprint density at radius 2 is 2.27 bits per heavy atom. The van der Waals surface area contributed by atoms with Crippen molar-refractivity contribution in [2.75, 3.05) is 5.73 Å². The Balaban J connectivity index is 2.94. The average molecular weight is 148 g/mol. The lowest BCUT2D eigenvalue weighted by atomic mass is 10.5. The van der Waals surface area contributed by atoms with E-state index in [0.29, 0.717) is 5.82 Å². The van der Waals surface area contributed by atoms with Gasteiger partial charge in [-0.2, -0.15) is 5.10 Å². The Morgan fingerprint density at radius 1 is 1.45 bits per heavy atom. The number of hydrogen-bond donors (Lipinski definition) is 1. The van der Waals surface area contributed by atoms with Crippen LogP contribution in [0.4, 0.5) is 5.82 Å². The molecule has 0 aromatic carbocycles. The zero-order chi connectivity index (χ0) is 7.84. The number of nitrogen functional groups attached to an aromatic ring is 1. The number of hydrogen-bond acceptors (Lipinski definition) is 3. The second-order valence-corrected chi connectivity index (χ2v) is 2.42. The van der Waals surface area contributed by atoms with Crippen molar-refractivity contribution in [2.45, 2.75) is 6.92 Å². The Bertz CT molecular complexity index is 390. The van der Waals surface area contributed by atoms with E-state index in [4.69, 9.17) is 5.73 Å². The molecule has 0 spiro atoms. The van der Waals surface area contributed by atoms with Crippen LogP contribution in [0.2, 0.25) is 0 Å². The molecule has 4 nitrogen and oxygen atoms in total. The molecule has 56 valence electrons. The summed E-state index contributed by atoms with van der Waals surface area (Å²) >= 11 is 0. The molecule has 0 fully saturated rings. The van der Waals surface area contributed by atoms with Crippen molar-refractivity contribution in [3.05, 3.63) is 24.2 Å². The Hall–Kier alpha value is -1.58. The number of rotatable bonds is 0. The first-order valence-electron chi connectivity index (χ1n) is 3.34. The summed E-state index contributed by atoms with van der Waals surface area (Å²) in [6.45, 7) is 1.97. The highest BCUT2D eigenvalue weighted by Crippen LogP contribution is 2.11. The predicted molar refractivity (Wildman–Crippen MR) is 42.1 cm³/mol. The lowest BCUT2D eigenvalue weighted by molar-refractivity contribution is 0.875. The van der Waals surface area contributed by atoms with Gasteiger partial charge >= 0.3 is 0 Å². The van der Waals surface area contributed by atoms with E-state index in [1.54, 1.807) is 4.52 Å². The van der Waals surface area contributed by atoms with Crippen LogP contribution in [0, 0.1) is 6.92 Å². The molecule has 0 aliphatic rings. The van der Waals surface area contributed by atoms with Crippen LogP contribution >= 0.6 is 0 Å². The topological polar surface area (TPSA) is 56.2 Å². The molecule has 11 heavy (non-hydrogen) atoms. The van der Waals surface area contributed by atoms with Crippen molar-refractivity contribution in [2.24, 2.45) is 0 Å². The van der Waals surface area contributed by atoms with Gasteiger partial charge in [-0.3, -0.25) is 0 Å². The van der Waals surface area contributed by atoms with Crippen LogP contribution in [0.5, 0.6) is 0 Å². The fourth-order valence-corrected chi connectivity index (χ4v) is 1.08. The predicted octanol–water partition coefficient (Wildman–Crippen LogP) is 0.620. The Morgan fingerprint density at radius 3 is 3.00 bits per heavy atom. The summed E-state index contributed by atoms with van der Waals surface area (Å²) in [5.74, 6) is 0.521. The number of anilines is 1. The van der Waals surface area contributed by atoms with E-state index < -0.39 is 0 Å². The van der Waals surface area contributed by atoms with Gasteiger partial charge in [0.05, 0.1) is 0 Å². The second-order valence-electron chi connectivity index (χ2n) is 2.42. The van der Waals surface area contributed by atoms with Gasteiger partial charge in [-0.05, 0) is 19.1 Å². The number of nitrogens with zero attached hydrogens (tertiary/aromatic N) is 3. The highest BCUT2D eigenvalue weighted by atomic mass is 15.2. The van der Waals surface area contributed by atoms with Crippen molar-refractivity contribution < 1.29 is 0 Å². The first-order chi connectivity index (χ1) is 5.29. The fourth-order valence-electron chi connectivity index (χ4n) is 1.08. The van der Waals surface area contributed by atoms with Gasteiger partial charge in [-0.1, -0.05) is 0 Å². The maximum Gasteiger partial charge on any atom is 0.151 e. The molecule has 0 aliphatic carbocycles. The van der Waals surface area contributed by atoms with Crippen LogP contribution in [0.15, 0.2) is 18.5 Å². The quantitative estimate of drug-likeness (QED) is 0.595. The van der Waals surface area contributed by atoms with Gasteiger partial charge in [0.15, 0.2) is 5.82 Å². The van der Waals surface area contributed by atoms with Gasteiger partial charge in [0.25, 0.3) is 0 Å². The lowest BCUT2D eigenvalue weighted by Gasteiger charge is -1.96. The summed E-state index contributed by atoms with van der Waals surface area (Å²) in [6.07, 6.45) is 1.45.